The fraction of sp³-hybridized carbons (Fsp3) is 0.0714. The van der Waals surface area contributed by atoms with Crippen molar-refractivity contribution in [1.29, 1.82) is 0 Å². The molecule has 0 radical (unpaired) electrons. The Bertz CT molecular complexity index is 1740. The number of aromatic nitrogens is 3. The zero-order chi connectivity index (χ0) is 20.1. The van der Waals surface area contributed by atoms with Gasteiger partial charge in [-0.15, -0.1) is 0 Å². The van der Waals surface area contributed by atoms with Crippen LogP contribution in [0.2, 0.25) is 0 Å². The van der Waals surface area contributed by atoms with Crippen LogP contribution in [0.5, 0.6) is 0 Å². The maximum Gasteiger partial charge on any atom is 0.145 e. The lowest BCUT2D eigenvalue weighted by Gasteiger charge is -2.13. The third-order valence-electron chi connectivity index (χ3n) is 7.20. The van der Waals surface area contributed by atoms with Gasteiger partial charge in [0.15, 0.2) is 0 Å². The minimum absolute atomic E-state index is 0.957. The van der Waals surface area contributed by atoms with E-state index < -0.39 is 0 Å². The molecule has 8 rings (SSSR count). The van der Waals surface area contributed by atoms with E-state index >= 15 is 0 Å². The second-order valence-corrected chi connectivity index (χ2v) is 8.67. The number of hydrogen-bond acceptors (Lipinski definition) is 2. The summed E-state index contributed by atoms with van der Waals surface area (Å²) in [6.45, 7) is 0. The van der Waals surface area contributed by atoms with E-state index in [2.05, 4.69) is 64.0 Å². The number of hydrogen-bond donors (Lipinski definition) is 0. The van der Waals surface area contributed by atoms with E-state index in [0.717, 1.165) is 24.0 Å². The minimum Gasteiger partial charge on any atom is -0.299 e. The molecule has 6 aromatic rings. The first-order valence-corrected chi connectivity index (χ1v) is 10.8. The van der Waals surface area contributed by atoms with E-state index in [1.807, 2.05) is 24.8 Å². The summed E-state index contributed by atoms with van der Waals surface area (Å²) in [5.41, 5.74) is 13.5. The number of pyridine rings is 2. The van der Waals surface area contributed by atoms with Crippen molar-refractivity contribution in [2.45, 2.75) is 12.8 Å². The van der Waals surface area contributed by atoms with Crippen molar-refractivity contribution in [3.63, 3.8) is 0 Å². The SMILES string of the molecule is c1ccc2c(c1)Cc1ccc3c(c1-2)-c1ccc2c(c1C3)c1cnccc1n1ccnc21. The summed E-state index contributed by atoms with van der Waals surface area (Å²) in [4.78, 5) is 9.18. The molecule has 3 heterocycles. The Morgan fingerprint density at radius 1 is 0.710 bits per heavy atom. The standard InChI is InChI=1S/C28H17N3/c1-2-4-19-16(3-1)13-17-5-6-18-14-22-20(26(18)25(17)19)7-8-21-27(22)23-15-29-10-9-24(23)31-12-11-30-28(21)31/h1-12,15H,13-14H2. The molecule has 0 saturated heterocycles. The van der Waals surface area contributed by atoms with E-state index in [1.54, 1.807) is 0 Å². The number of benzene rings is 3. The Balaban J connectivity index is 1.54. The molecule has 0 atom stereocenters. The lowest BCUT2D eigenvalue weighted by molar-refractivity contribution is 1.23. The summed E-state index contributed by atoms with van der Waals surface area (Å²) in [6.07, 6.45) is 9.81. The van der Waals surface area contributed by atoms with Gasteiger partial charge in [-0.1, -0.05) is 42.5 Å². The molecule has 3 aromatic heterocycles. The molecular weight excluding hydrogens is 378 g/mol. The van der Waals surface area contributed by atoms with Crippen LogP contribution in [0.4, 0.5) is 0 Å². The Morgan fingerprint density at radius 2 is 1.58 bits per heavy atom. The Kier molecular flexibility index (Phi) is 2.74. The largest absolute Gasteiger partial charge is 0.299 e. The van der Waals surface area contributed by atoms with Crippen LogP contribution < -0.4 is 0 Å². The molecule has 3 nitrogen and oxygen atoms in total. The molecule has 0 saturated carbocycles. The first kappa shape index (κ1) is 15.8. The van der Waals surface area contributed by atoms with Crippen molar-refractivity contribution < 1.29 is 0 Å². The summed E-state index contributed by atoms with van der Waals surface area (Å²) in [5, 5.41) is 3.70. The van der Waals surface area contributed by atoms with Crippen LogP contribution in [0.1, 0.15) is 22.3 Å². The monoisotopic (exact) mass is 395 g/mol. The van der Waals surface area contributed by atoms with Crippen molar-refractivity contribution in [2.75, 3.05) is 0 Å². The van der Waals surface area contributed by atoms with Crippen LogP contribution >= 0.6 is 0 Å². The van der Waals surface area contributed by atoms with Crippen LogP contribution in [0, 0.1) is 0 Å². The fourth-order valence-corrected chi connectivity index (χ4v) is 5.96. The molecule has 144 valence electrons. The normalized spacial score (nSPS) is 13.5. The molecule has 0 unspecified atom stereocenters. The predicted molar refractivity (Wildman–Crippen MR) is 124 cm³/mol. The van der Waals surface area contributed by atoms with Gasteiger partial charge in [0.05, 0.1) is 5.52 Å². The molecule has 2 aliphatic rings. The third kappa shape index (κ3) is 1.85. The second-order valence-electron chi connectivity index (χ2n) is 8.67. The molecule has 3 heteroatoms. The third-order valence-corrected chi connectivity index (χ3v) is 7.20. The molecule has 3 aromatic carbocycles. The summed E-state index contributed by atoms with van der Waals surface area (Å²) < 4.78 is 2.18. The molecule has 0 spiro atoms. The number of nitrogens with zero attached hydrogens (tertiary/aromatic N) is 3. The summed E-state index contributed by atoms with van der Waals surface area (Å²) in [5.74, 6) is 0. The molecule has 0 N–H and O–H groups in total. The summed E-state index contributed by atoms with van der Waals surface area (Å²) >= 11 is 0. The van der Waals surface area contributed by atoms with Gasteiger partial charge in [-0.2, -0.15) is 0 Å². The van der Waals surface area contributed by atoms with Gasteiger partial charge in [0.2, 0.25) is 0 Å². The maximum absolute atomic E-state index is 4.70. The molecule has 0 aliphatic heterocycles. The van der Waals surface area contributed by atoms with E-state index in [0.29, 0.717) is 0 Å². The zero-order valence-electron chi connectivity index (χ0n) is 16.8. The highest BCUT2D eigenvalue weighted by Gasteiger charge is 2.30. The molecular formula is C28H17N3. The van der Waals surface area contributed by atoms with Crippen LogP contribution in [0.3, 0.4) is 0 Å². The van der Waals surface area contributed by atoms with Gasteiger partial charge in [0.1, 0.15) is 5.65 Å². The second kappa shape index (κ2) is 5.38. The first-order chi connectivity index (χ1) is 15.4. The zero-order valence-corrected chi connectivity index (χ0v) is 16.8. The van der Waals surface area contributed by atoms with Crippen LogP contribution in [0.25, 0.3) is 49.6 Å². The Hall–Kier alpha value is -3.98. The number of fused-ring (bicyclic) bond motifs is 14. The van der Waals surface area contributed by atoms with Crippen LogP contribution in [-0.2, 0) is 12.8 Å². The smallest absolute Gasteiger partial charge is 0.145 e. The van der Waals surface area contributed by atoms with Crippen molar-refractivity contribution in [3.8, 4) is 22.3 Å². The number of imidazole rings is 1. The summed E-state index contributed by atoms with van der Waals surface area (Å²) in [7, 11) is 0. The highest BCUT2D eigenvalue weighted by atomic mass is 15.0. The minimum atomic E-state index is 0.957. The lowest BCUT2D eigenvalue weighted by Crippen LogP contribution is -1.94. The van der Waals surface area contributed by atoms with Crippen molar-refractivity contribution in [2.24, 2.45) is 0 Å². The molecule has 2 aliphatic carbocycles. The topological polar surface area (TPSA) is 30.2 Å². The highest BCUT2D eigenvalue weighted by Crippen LogP contribution is 2.51. The Labute approximate surface area is 178 Å². The van der Waals surface area contributed by atoms with Crippen LogP contribution in [0.15, 0.2) is 79.4 Å². The van der Waals surface area contributed by atoms with Crippen molar-refractivity contribution in [1.82, 2.24) is 14.4 Å². The summed E-state index contributed by atoms with van der Waals surface area (Å²) in [6, 6.07) is 20.2. The van der Waals surface area contributed by atoms with E-state index in [4.69, 9.17) is 4.98 Å². The van der Waals surface area contributed by atoms with E-state index in [-0.39, 0.29) is 0 Å². The average Bonchev–Trinajstić information content (AvgIpc) is 3.53. The van der Waals surface area contributed by atoms with Gasteiger partial charge in [-0.25, -0.2) is 4.98 Å². The van der Waals surface area contributed by atoms with Gasteiger partial charge < -0.3 is 0 Å². The van der Waals surface area contributed by atoms with Crippen molar-refractivity contribution in [3.05, 3.63) is 102 Å². The Morgan fingerprint density at radius 3 is 2.55 bits per heavy atom. The van der Waals surface area contributed by atoms with Crippen LogP contribution in [-0.4, -0.2) is 14.4 Å². The molecule has 0 fully saturated rings. The highest BCUT2D eigenvalue weighted by molar-refractivity contribution is 6.16. The predicted octanol–water partition coefficient (Wildman–Crippen LogP) is 6.18. The molecule has 31 heavy (non-hydrogen) atoms. The maximum atomic E-state index is 4.70. The fourth-order valence-electron chi connectivity index (χ4n) is 5.96. The van der Waals surface area contributed by atoms with Gasteiger partial charge >= 0.3 is 0 Å². The van der Waals surface area contributed by atoms with Gasteiger partial charge in [-0.05, 0) is 69.5 Å². The van der Waals surface area contributed by atoms with E-state index in [1.165, 1.54) is 60.7 Å². The van der Waals surface area contributed by atoms with E-state index in [9.17, 15) is 0 Å². The van der Waals surface area contributed by atoms with Crippen molar-refractivity contribution >= 4 is 27.3 Å². The quantitative estimate of drug-likeness (QED) is 0.287. The molecule has 0 bridgehead atoms. The van der Waals surface area contributed by atoms with Gasteiger partial charge in [-0.3, -0.25) is 9.38 Å². The average molecular weight is 395 g/mol. The lowest BCUT2D eigenvalue weighted by atomic mass is 9.92. The molecule has 0 amide bonds. The number of rotatable bonds is 0. The first-order valence-electron chi connectivity index (χ1n) is 10.8. The van der Waals surface area contributed by atoms with Gasteiger partial charge in [0.25, 0.3) is 0 Å². The van der Waals surface area contributed by atoms with Gasteiger partial charge in [0, 0.05) is 40.9 Å².